The highest BCUT2D eigenvalue weighted by molar-refractivity contribution is 5.96. The average molecular weight is 365 g/mol. The van der Waals surface area contributed by atoms with E-state index in [9.17, 15) is 9.59 Å². The van der Waals surface area contributed by atoms with Crippen molar-refractivity contribution in [1.82, 2.24) is 10.2 Å². The van der Waals surface area contributed by atoms with Crippen molar-refractivity contribution in [3.05, 3.63) is 59.8 Å². The number of hydrogen-bond donors (Lipinski definition) is 1. The second-order valence-corrected chi connectivity index (χ2v) is 5.72. The van der Waals surface area contributed by atoms with Gasteiger partial charge in [0, 0.05) is 16.5 Å². The van der Waals surface area contributed by atoms with Crippen molar-refractivity contribution in [2.45, 2.75) is 13.3 Å². The van der Waals surface area contributed by atoms with Crippen molar-refractivity contribution in [2.24, 2.45) is 0 Å². The lowest BCUT2D eigenvalue weighted by molar-refractivity contribution is -0.142. The van der Waals surface area contributed by atoms with Gasteiger partial charge in [-0.1, -0.05) is 24.3 Å². The maximum absolute atomic E-state index is 11.8. The van der Waals surface area contributed by atoms with Gasteiger partial charge in [0.15, 0.2) is 5.82 Å². The highest BCUT2D eigenvalue weighted by Crippen LogP contribution is 2.26. The van der Waals surface area contributed by atoms with E-state index in [1.165, 1.54) is 7.11 Å². The Morgan fingerprint density at radius 3 is 2.37 bits per heavy atom. The van der Waals surface area contributed by atoms with E-state index in [1.807, 2.05) is 24.3 Å². The minimum absolute atomic E-state index is 0.0649. The lowest BCUT2D eigenvalue weighted by atomic mass is 10.1. The second-order valence-electron chi connectivity index (χ2n) is 5.72. The molecule has 7 heteroatoms. The van der Waals surface area contributed by atoms with E-state index in [0.29, 0.717) is 23.7 Å². The van der Waals surface area contributed by atoms with Gasteiger partial charge in [0.05, 0.1) is 31.4 Å². The zero-order chi connectivity index (χ0) is 19.2. The SMILES string of the molecule is CCOC(=O)Cc1nnc(Nc2ccc(C(=O)OC)cc2)c2ccccc12. The predicted octanol–water partition coefficient (Wildman–Crippen LogP) is 3.27. The van der Waals surface area contributed by atoms with Crippen LogP contribution in [-0.2, 0) is 20.7 Å². The number of methoxy groups -OCH3 is 1. The van der Waals surface area contributed by atoms with Gasteiger partial charge in [-0.3, -0.25) is 4.79 Å². The van der Waals surface area contributed by atoms with Crippen LogP contribution in [0.2, 0.25) is 0 Å². The molecule has 0 aliphatic rings. The monoisotopic (exact) mass is 365 g/mol. The third-order valence-electron chi connectivity index (χ3n) is 3.95. The highest BCUT2D eigenvalue weighted by atomic mass is 16.5. The second kappa shape index (κ2) is 8.27. The molecule has 0 saturated heterocycles. The Balaban J connectivity index is 1.89. The maximum atomic E-state index is 11.8. The summed E-state index contributed by atoms with van der Waals surface area (Å²) >= 11 is 0. The van der Waals surface area contributed by atoms with Crippen LogP contribution >= 0.6 is 0 Å². The quantitative estimate of drug-likeness (QED) is 0.671. The van der Waals surface area contributed by atoms with Crippen LogP contribution in [0.15, 0.2) is 48.5 Å². The number of esters is 2. The summed E-state index contributed by atoms with van der Waals surface area (Å²) in [6, 6.07) is 14.4. The van der Waals surface area contributed by atoms with E-state index < -0.39 is 5.97 Å². The number of fused-ring (bicyclic) bond motifs is 1. The van der Waals surface area contributed by atoms with Crippen LogP contribution in [0, 0.1) is 0 Å². The first-order valence-electron chi connectivity index (χ1n) is 8.47. The van der Waals surface area contributed by atoms with Gasteiger partial charge < -0.3 is 14.8 Å². The molecular formula is C20H19N3O4. The Hall–Kier alpha value is -3.48. The molecule has 27 heavy (non-hydrogen) atoms. The summed E-state index contributed by atoms with van der Waals surface area (Å²) < 4.78 is 9.70. The normalized spacial score (nSPS) is 10.4. The van der Waals surface area contributed by atoms with E-state index in [-0.39, 0.29) is 12.4 Å². The molecule has 2 aromatic carbocycles. The van der Waals surface area contributed by atoms with Gasteiger partial charge in [0.2, 0.25) is 0 Å². The number of carbonyl (C=O) groups excluding carboxylic acids is 2. The summed E-state index contributed by atoms with van der Waals surface area (Å²) in [7, 11) is 1.34. The van der Waals surface area contributed by atoms with Crippen LogP contribution < -0.4 is 5.32 Å². The van der Waals surface area contributed by atoms with Gasteiger partial charge >= 0.3 is 11.9 Å². The van der Waals surface area contributed by atoms with Crippen LogP contribution in [0.4, 0.5) is 11.5 Å². The van der Waals surface area contributed by atoms with Gasteiger partial charge in [-0.05, 0) is 31.2 Å². The number of nitrogens with zero attached hydrogens (tertiary/aromatic N) is 2. The summed E-state index contributed by atoms with van der Waals surface area (Å²) in [5.41, 5.74) is 1.78. The molecule has 7 nitrogen and oxygen atoms in total. The van der Waals surface area contributed by atoms with E-state index >= 15 is 0 Å². The molecule has 3 rings (SSSR count). The molecular weight excluding hydrogens is 346 g/mol. The number of nitrogens with one attached hydrogen (secondary N) is 1. The molecule has 3 aromatic rings. The molecule has 0 spiro atoms. The van der Waals surface area contributed by atoms with E-state index in [4.69, 9.17) is 9.47 Å². The fraction of sp³-hybridized carbons (Fsp3) is 0.200. The van der Waals surface area contributed by atoms with Gasteiger partial charge in [-0.25, -0.2) is 4.79 Å². The minimum Gasteiger partial charge on any atom is -0.466 e. The van der Waals surface area contributed by atoms with Crippen molar-refractivity contribution in [3.63, 3.8) is 0 Å². The Bertz CT molecular complexity index is 971. The maximum Gasteiger partial charge on any atom is 0.337 e. The van der Waals surface area contributed by atoms with Crippen LogP contribution in [0.1, 0.15) is 23.0 Å². The Morgan fingerprint density at radius 2 is 1.70 bits per heavy atom. The van der Waals surface area contributed by atoms with Crippen LogP contribution in [-0.4, -0.2) is 35.9 Å². The van der Waals surface area contributed by atoms with Gasteiger partial charge in [-0.15, -0.1) is 5.10 Å². The third kappa shape index (κ3) is 4.20. The molecule has 1 N–H and O–H groups in total. The minimum atomic E-state index is -0.393. The first-order valence-corrected chi connectivity index (χ1v) is 8.47. The third-order valence-corrected chi connectivity index (χ3v) is 3.95. The molecule has 0 saturated carbocycles. The average Bonchev–Trinajstić information content (AvgIpc) is 2.70. The number of benzene rings is 2. The summed E-state index contributed by atoms with van der Waals surface area (Å²) in [6.07, 6.45) is 0.0649. The molecule has 1 heterocycles. The topological polar surface area (TPSA) is 90.4 Å². The predicted molar refractivity (Wildman–Crippen MR) is 101 cm³/mol. The van der Waals surface area contributed by atoms with Crippen LogP contribution in [0.3, 0.4) is 0 Å². The van der Waals surface area contributed by atoms with Gasteiger partial charge in [0.25, 0.3) is 0 Å². The summed E-state index contributed by atoms with van der Waals surface area (Å²) in [5, 5.41) is 13.3. The van der Waals surface area contributed by atoms with Crippen molar-refractivity contribution in [1.29, 1.82) is 0 Å². The first kappa shape index (κ1) is 18.3. The van der Waals surface area contributed by atoms with Crippen molar-refractivity contribution >= 4 is 34.2 Å². The zero-order valence-electron chi connectivity index (χ0n) is 15.1. The smallest absolute Gasteiger partial charge is 0.337 e. The molecule has 0 atom stereocenters. The molecule has 0 bridgehead atoms. The molecule has 0 amide bonds. The summed E-state index contributed by atoms with van der Waals surface area (Å²) in [5.74, 6) is -0.171. The van der Waals surface area contributed by atoms with Crippen molar-refractivity contribution in [3.8, 4) is 0 Å². The highest BCUT2D eigenvalue weighted by Gasteiger charge is 2.13. The van der Waals surface area contributed by atoms with Crippen molar-refractivity contribution in [2.75, 3.05) is 19.0 Å². The lowest BCUT2D eigenvalue weighted by Crippen LogP contribution is -2.10. The number of hydrogen-bond acceptors (Lipinski definition) is 7. The lowest BCUT2D eigenvalue weighted by Gasteiger charge is -2.11. The van der Waals surface area contributed by atoms with E-state index in [2.05, 4.69) is 15.5 Å². The largest absolute Gasteiger partial charge is 0.466 e. The Labute approximate surface area is 156 Å². The summed E-state index contributed by atoms with van der Waals surface area (Å²) in [4.78, 5) is 23.3. The van der Waals surface area contributed by atoms with Crippen LogP contribution in [0.25, 0.3) is 10.8 Å². The fourth-order valence-electron chi connectivity index (χ4n) is 2.68. The van der Waals surface area contributed by atoms with Gasteiger partial charge in [0.1, 0.15) is 0 Å². The standard InChI is InChI=1S/C20H19N3O4/c1-3-27-18(24)12-17-15-6-4-5-7-16(15)19(23-22-17)21-14-10-8-13(9-11-14)20(25)26-2/h4-11H,3,12H2,1-2H3,(H,21,23). The molecule has 0 aliphatic heterocycles. The molecule has 0 aliphatic carbocycles. The number of aromatic nitrogens is 2. The Kier molecular flexibility index (Phi) is 5.61. The van der Waals surface area contributed by atoms with E-state index in [1.54, 1.807) is 31.2 Å². The summed E-state index contributed by atoms with van der Waals surface area (Å²) in [6.45, 7) is 2.09. The molecule has 0 radical (unpaired) electrons. The fourth-order valence-corrected chi connectivity index (χ4v) is 2.68. The zero-order valence-corrected chi connectivity index (χ0v) is 15.1. The van der Waals surface area contributed by atoms with E-state index in [0.717, 1.165) is 16.5 Å². The molecule has 0 unspecified atom stereocenters. The molecule has 138 valence electrons. The molecule has 0 fully saturated rings. The number of ether oxygens (including phenoxy) is 2. The Morgan fingerprint density at radius 1 is 1.00 bits per heavy atom. The van der Waals surface area contributed by atoms with Crippen LogP contribution in [0.5, 0.6) is 0 Å². The molecule has 1 aromatic heterocycles. The van der Waals surface area contributed by atoms with Crippen molar-refractivity contribution < 1.29 is 19.1 Å². The number of anilines is 2. The number of rotatable bonds is 6. The van der Waals surface area contributed by atoms with Gasteiger partial charge in [-0.2, -0.15) is 5.10 Å². The first-order chi connectivity index (χ1) is 13.1. The number of carbonyl (C=O) groups is 2.